The van der Waals surface area contributed by atoms with Gasteiger partial charge in [0.1, 0.15) is 23.0 Å². The summed E-state index contributed by atoms with van der Waals surface area (Å²) in [7, 11) is 3.40. The SMILES string of the molecule is CCCCC(CC)COc1cc2c(OC)cc1CCc1cc(OC)c(cc1OCC(CC)CCCC)/C(Cl)=C\2. The van der Waals surface area contributed by atoms with E-state index in [2.05, 4.69) is 52.0 Å². The third-order valence-electron chi connectivity index (χ3n) is 8.03. The van der Waals surface area contributed by atoms with Crippen LogP contribution in [-0.2, 0) is 12.8 Å². The number of methoxy groups -OCH3 is 2. The molecule has 2 atom stereocenters. The molecule has 4 aliphatic rings. The van der Waals surface area contributed by atoms with Crippen molar-refractivity contribution < 1.29 is 18.9 Å². The van der Waals surface area contributed by atoms with Gasteiger partial charge >= 0.3 is 0 Å². The molecule has 6 rings (SSSR count). The van der Waals surface area contributed by atoms with Gasteiger partial charge in [0.25, 0.3) is 0 Å². The molecule has 0 fully saturated rings. The zero-order valence-electron chi connectivity index (χ0n) is 25.0. The van der Waals surface area contributed by atoms with Gasteiger partial charge in [-0.25, -0.2) is 0 Å². The predicted octanol–water partition coefficient (Wildman–Crippen LogP) is 9.73. The van der Waals surface area contributed by atoms with Gasteiger partial charge in [0.15, 0.2) is 0 Å². The number of rotatable bonds is 16. The minimum atomic E-state index is 0.545. The van der Waals surface area contributed by atoms with Gasteiger partial charge in [0.2, 0.25) is 0 Å². The first kappa shape index (κ1) is 31.2. The van der Waals surface area contributed by atoms with E-state index in [-0.39, 0.29) is 0 Å². The van der Waals surface area contributed by atoms with Gasteiger partial charge < -0.3 is 18.9 Å². The lowest BCUT2D eigenvalue weighted by Gasteiger charge is -2.22. The van der Waals surface area contributed by atoms with Crippen LogP contribution in [0.2, 0.25) is 0 Å². The van der Waals surface area contributed by atoms with Crippen molar-refractivity contribution >= 4 is 22.7 Å². The second-order valence-corrected chi connectivity index (χ2v) is 11.2. The van der Waals surface area contributed by atoms with Crippen molar-refractivity contribution in [3.8, 4) is 23.0 Å². The Morgan fingerprint density at radius 2 is 1.21 bits per heavy atom. The first-order valence-electron chi connectivity index (χ1n) is 15.0. The summed E-state index contributed by atoms with van der Waals surface area (Å²) in [5.74, 6) is 4.45. The van der Waals surface area contributed by atoms with Gasteiger partial charge in [-0.05, 0) is 79.0 Å². The fraction of sp³-hybridized carbons (Fsp3) is 0.588. The highest BCUT2D eigenvalue weighted by atomic mass is 35.5. The largest absolute Gasteiger partial charge is 0.496 e. The molecule has 2 unspecified atom stereocenters. The molecule has 0 radical (unpaired) electrons. The molecule has 0 aliphatic heterocycles. The van der Waals surface area contributed by atoms with Crippen LogP contribution in [0, 0.1) is 11.8 Å². The number of halogens is 1. The number of benzene rings is 2. The second kappa shape index (κ2) is 16.1. The molecule has 0 spiro atoms. The maximum absolute atomic E-state index is 6.98. The lowest BCUT2D eigenvalue weighted by atomic mass is 9.96. The van der Waals surface area contributed by atoms with Crippen LogP contribution in [0.5, 0.6) is 23.0 Å². The van der Waals surface area contributed by atoms with Crippen LogP contribution in [0.3, 0.4) is 0 Å². The maximum Gasteiger partial charge on any atom is 0.128 e. The van der Waals surface area contributed by atoms with Gasteiger partial charge in [-0.1, -0.05) is 77.8 Å². The van der Waals surface area contributed by atoms with E-state index in [1.807, 2.05) is 6.08 Å². The summed E-state index contributed by atoms with van der Waals surface area (Å²) >= 11 is 6.98. The Hall–Kier alpha value is -2.33. The summed E-state index contributed by atoms with van der Waals surface area (Å²) in [6.07, 6.45) is 13.1. The summed E-state index contributed by atoms with van der Waals surface area (Å²) in [5.41, 5.74) is 3.96. The van der Waals surface area contributed by atoms with E-state index in [0.717, 1.165) is 77.5 Å². The fourth-order valence-electron chi connectivity index (χ4n) is 5.22. The number of ether oxygens (including phenoxy) is 4. The zero-order chi connectivity index (χ0) is 28.2. The van der Waals surface area contributed by atoms with Gasteiger partial charge in [-0.15, -0.1) is 0 Å². The van der Waals surface area contributed by atoms with Crippen molar-refractivity contribution in [1.29, 1.82) is 0 Å². The molecule has 0 N–H and O–H groups in total. The summed E-state index contributed by atoms with van der Waals surface area (Å²) in [6, 6.07) is 8.34. The summed E-state index contributed by atoms with van der Waals surface area (Å²) in [5, 5.41) is 0.577. The molecule has 0 heterocycles. The lowest BCUT2D eigenvalue weighted by molar-refractivity contribution is 0.230. The first-order valence-corrected chi connectivity index (χ1v) is 15.4. The molecule has 0 amide bonds. The Balaban J connectivity index is 1.99. The minimum absolute atomic E-state index is 0.545. The van der Waals surface area contributed by atoms with E-state index in [0.29, 0.717) is 23.5 Å². The molecule has 5 heteroatoms. The molecule has 0 saturated heterocycles. The summed E-state index contributed by atoms with van der Waals surface area (Å²) < 4.78 is 24.6. The fourth-order valence-corrected chi connectivity index (χ4v) is 5.48. The van der Waals surface area contributed by atoms with Gasteiger partial charge in [0.05, 0.1) is 32.5 Å². The average Bonchev–Trinajstić information content (AvgIpc) is 2.95. The van der Waals surface area contributed by atoms with Gasteiger partial charge in [-0.2, -0.15) is 0 Å². The van der Waals surface area contributed by atoms with E-state index in [1.165, 1.54) is 38.5 Å². The summed E-state index contributed by atoms with van der Waals surface area (Å²) in [6.45, 7) is 10.4. The quantitative estimate of drug-likeness (QED) is 0.206. The third kappa shape index (κ3) is 8.58. The van der Waals surface area contributed by atoms with Gasteiger partial charge in [-0.3, -0.25) is 0 Å². The van der Waals surface area contributed by atoms with E-state index >= 15 is 0 Å². The van der Waals surface area contributed by atoms with Crippen LogP contribution in [0.4, 0.5) is 0 Å². The standard InChI is InChI=1S/C34H49ClO4/c1-7-11-13-24(9-3)22-38-32-20-28-17-30(35)29-21-33(39-23-25(10-4)14-12-8-2)27(19-34(29)37-6)16-15-26(32)18-31(28)36-5/h17-21,24-25H,7-16,22-23H2,1-6H3/b30-17+. The Morgan fingerprint density at radius 3 is 1.69 bits per heavy atom. The van der Waals surface area contributed by atoms with E-state index < -0.39 is 0 Å². The molecule has 2 aromatic rings. The Morgan fingerprint density at radius 1 is 0.692 bits per heavy atom. The summed E-state index contributed by atoms with van der Waals surface area (Å²) in [4.78, 5) is 0. The molecule has 39 heavy (non-hydrogen) atoms. The van der Waals surface area contributed by atoms with Crippen molar-refractivity contribution in [2.45, 2.75) is 91.9 Å². The predicted molar refractivity (Wildman–Crippen MR) is 165 cm³/mol. The normalized spacial score (nSPS) is 15.6. The Kier molecular flexibility index (Phi) is 12.8. The number of aryl methyl sites for hydroxylation is 2. The monoisotopic (exact) mass is 556 g/mol. The molecular weight excluding hydrogens is 508 g/mol. The van der Waals surface area contributed by atoms with E-state index in [4.69, 9.17) is 30.5 Å². The molecule has 2 aromatic carbocycles. The van der Waals surface area contributed by atoms with Crippen molar-refractivity contribution in [2.75, 3.05) is 27.4 Å². The number of unbranched alkanes of at least 4 members (excludes halogenated alkanes) is 2. The highest BCUT2D eigenvalue weighted by Gasteiger charge is 2.20. The van der Waals surface area contributed by atoms with Crippen LogP contribution in [0.25, 0.3) is 11.1 Å². The Labute approximate surface area is 242 Å². The molecular formula is C34H49ClO4. The Bertz CT molecular complexity index is 1080. The van der Waals surface area contributed by atoms with Gasteiger partial charge in [0, 0.05) is 11.1 Å². The maximum atomic E-state index is 6.98. The molecule has 4 aliphatic carbocycles. The topological polar surface area (TPSA) is 36.9 Å². The lowest BCUT2D eigenvalue weighted by Crippen LogP contribution is -2.14. The van der Waals surface area contributed by atoms with Crippen molar-refractivity contribution in [3.05, 3.63) is 46.5 Å². The smallest absolute Gasteiger partial charge is 0.128 e. The van der Waals surface area contributed by atoms with E-state index in [1.54, 1.807) is 14.2 Å². The van der Waals surface area contributed by atoms with Crippen LogP contribution < -0.4 is 18.9 Å². The average molecular weight is 557 g/mol. The minimum Gasteiger partial charge on any atom is -0.496 e. The highest BCUT2D eigenvalue weighted by Crippen LogP contribution is 2.41. The highest BCUT2D eigenvalue weighted by molar-refractivity contribution is 6.51. The molecule has 4 nitrogen and oxygen atoms in total. The number of hydrogen-bond acceptors (Lipinski definition) is 4. The third-order valence-corrected chi connectivity index (χ3v) is 8.35. The number of hydrogen-bond donors (Lipinski definition) is 0. The van der Waals surface area contributed by atoms with Crippen molar-refractivity contribution in [3.63, 3.8) is 0 Å². The van der Waals surface area contributed by atoms with Crippen LogP contribution >= 0.6 is 11.6 Å². The van der Waals surface area contributed by atoms with Crippen molar-refractivity contribution in [1.82, 2.24) is 0 Å². The van der Waals surface area contributed by atoms with Crippen LogP contribution in [0.1, 0.15) is 101 Å². The molecule has 0 aromatic heterocycles. The van der Waals surface area contributed by atoms with Crippen LogP contribution in [0.15, 0.2) is 24.3 Å². The second-order valence-electron chi connectivity index (χ2n) is 10.8. The first-order chi connectivity index (χ1) is 19.0. The van der Waals surface area contributed by atoms with Crippen molar-refractivity contribution in [2.24, 2.45) is 11.8 Å². The molecule has 216 valence electrons. The molecule has 4 bridgehead atoms. The zero-order valence-corrected chi connectivity index (χ0v) is 25.8. The molecule has 0 saturated carbocycles. The van der Waals surface area contributed by atoms with Crippen LogP contribution in [-0.4, -0.2) is 27.4 Å². The van der Waals surface area contributed by atoms with E-state index in [9.17, 15) is 0 Å².